The molecule has 1 aromatic carbocycles. The minimum Gasteiger partial charge on any atom is -0.383 e. The van der Waals surface area contributed by atoms with E-state index in [4.69, 9.17) is 9.88 Å². The molecular weight excluding hydrogens is 360 g/mol. The second-order valence-electron chi connectivity index (χ2n) is 4.60. The zero-order chi connectivity index (χ0) is 16.0. The summed E-state index contributed by atoms with van der Waals surface area (Å²) in [5.74, 6) is -0.372. The Hall–Kier alpha value is -0.960. The van der Waals surface area contributed by atoms with Gasteiger partial charge in [0, 0.05) is 11.6 Å². The van der Waals surface area contributed by atoms with Crippen LogP contribution in [0.1, 0.15) is 30.1 Å². The van der Waals surface area contributed by atoms with Gasteiger partial charge < -0.3 is 10.1 Å². The number of carbonyl (C=O) groups excluding carboxylic acids is 1. The first-order chi connectivity index (χ1) is 9.79. The van der Waals surface area contributed by atoms with Crippen molar-refractivity contribution in [1.82, 2.24) is 5.32 Å². The van der Waals surface area contributed by atoms with Crippen LogP contribution in [0.2, 0.25) is 0 Å². The van der Waals surface area contributed by atoms with Gasteiger partial charge in [-0.05, 0) is 40.5 Å². The number of rotatable bonds is 7. The first-order valence-electron chi connectivity index (χ1n) is 6.41. The second kappa shape index (κ2) is 7.88. The Morgan fingerprint density at radius 3 is 2.67 bits per heavy atom. The van der Waals surface area contributed by atoms with Crippen molar-refractivity contribution in [3.8, 4) is 0 Å². The number of halogens is 1. The fourth-order valence-electron chi connectivity index (χ4n) is 1.87. The molecule has 0 aromatic heterocycles. The molecular formula is C13H19BrN2O4S. The summed E-state index contributed by atoms with van der Waals surface area (Å²) in [4.78, 5) is 12.2. The highest BCUT2D eigenvalue weighted by Gasteiger charge is 2.18. The molecule has 0 aliphatic rings. The van der Waals surface area contributed by atoms with Gasteiger partial charge in [0.15, 0.2) is 0 Å². The second-order valence-corrected chi connectivity index (χ2v) is 7.02. The molecule has 0 fully saturated rings. The van der Waals surface area contributed by atoms with Crippen LogP contribution in [0.15, 0.2) is 27.6 Å². The van der Waals surface area contributed by atoms with Crippen LogP contribution in [0.4, 0.5) is 0 Å². The number of nitrogens with one attached hydrogen (secondary N) is 1. The molecule has 21 heavy (non-hydrogen) atoms. The molecule has 1 amide bonds. The molecule has 3 N–H and O–H groups in total. The van der Waals surface area contributed by atoms with E-state index in [1.165, 1.54) is 18.2 Å². The van der Waals surface area contributed by atoms with E-state index in [0.717, 1.165) is 12.8 Å². The summed E-state index contributed by atoms with van der Waals surface area (Å²) in [6.07, 6.45) is 1.67. The van der Waals surface area contributed by atoms with Gasteiger partial charge in [0.2, 0.25) is 10.0 Å². The summed E-state index contributed by atoms with van der Waals surface area (Å²) in [5.41, 5.74) is 0.221. The molecule has 1 atom stereocenters. The lowest BCUT2D eigenvalue weighted by Gasteiger charge is -2.17. The molecule has 8 heteroatoms. The molecule has 0 radical (unpaired) electrons. The van der Waals surface area contributed by atoms with E-state index in [-0.39, 0.29) is 22.4 Å². The quantitative estimate of drug-likeness (QED) is 0.753. The molecule has 0 aliphatic heterocycles. The summed E-state index contributed by atoms with van der Waals surface area (Å²) in [7, 11) is -2.29. The SMILES string of the molecule is CCCC(COC)NC(=O)c1cc(S(N)(=O)=O)ccc1Br. The monoisotopic (exact) mass is 378 g/mol. The molecule has 6 nitrogen and oxygen atoms in total. The van der Waals surface area contributed by atoms with Gasteiger partial charge in [-0.2, -0.15) is 0 Å². The lowest BCUT2D eigenvalue weighted by atomic mass is 10.1. The van der Waals surface area contributed by atoms with Crippen molar-refractivity contribution in [2.24, 2.45) is 5.14 Å². The van der Waals surface area contributed by atoms with Gasteiger partial charge in [0.25, 0.3) is 5.91 Å². The highest BCUT2D eigenvalue weighted by molar-refractivity contribution is 9.10. The standard InChI is InChI=1S/C13H19BrN2O4S/c1-3-4-9(8-20-2)16-13(17)11-7-10(21(15,18)19)5-6-12(11)14/h5-7,9H,3-4,8H2,1-2H3,(H,16,17)(H2,15,18,19). The summed E-state index contributed by atoms with van der Waals surface area (Å²) < 4.78 is 28.3. The molecule has 0 spiro atoms. The first kappa shape index (κ1) is 18.1. The highest BCUT2D eigenvalue weighted by atomic mass is 79.9. The van der Waals surface area contributed by atoms with Gasteiger partial charge in [-0.1, -0.05) is 13.3 Å². The molecule has 1 aromatic rings. The third kappa shape index (κ3) is 5.39. The minimum absolute atomic E-state index is 0.102. The largest absolute Gasteiger partial charge is 0.383 e. The number of sulfonamides is 1. The van der Waals surface area contributed by atoms with E-state index in [9.17, 15) is 13.2 Å². The zero-order valence-corrected chi connectivity index (χ0v) is 14.3. The molecule has 1 unspecified atom stereocenters. The van der Waals surface area contributed by atoms with Crippen molar-refractivity contribution < 1.29 is 17.9 Å². The minimum atomic E-state index is -3.85. The number of hydrogen-bond acceptors (Lipinski definition) is 4. The first-order valence-corrected chi connectivity index (χ1v) is 8.75. The molecule has 0 bridgehead atoms. The van der Waals surface area contributed by atoms with Gasteiger partial charge in [-0.3, -0.25) is 4.79 Å². The zero-order valence-electron chi connectivity index (χ0n) is 11.9. The average molecular weight is 379 g/mol. The third-order valence-corrected chi connectivity index (χ3v) is 4.45. The number of ether oxygens (including phenoxy) is 1. The maximum atomic E-state index is 12.3. The van der Waals surface area contributed by atoms with Crippen LogP contribution in [0.25, 0.3) is 0 Å². The lowest BCUT2D eigenvalue weighted by Crippen LogP contribution is -2.38. The number of hydrogen-bond donors (Lipinski definition) is 2. The van der Waals surface area contributed by atoms with Gasteiger partial charge in [-0.25, -0.2) is 13.6 Å². The predicted octanol–water partition coefficient (Wildman–Crippen LogP) is 1.64. The van der Waals surface area contributed by atoms with Crippen molar-refractivity contribution in [1.29, 1.82) is 0 Å². The Morgan fingerprint density at radius 1 is 1.48 bits per heavy atom. The van der Waals surface area contributed by atoms with Crippen LogP contribution in [0, 0.1) is 0 Å². The number of methoxy groups -OCH3 is 1. The fourth-order valence-corrected chi connectivity index (χ4v) is 2.83. The maximum Gasteiger partial charge on any atom is 0.252 e. The summed E-state index contributed by atoms with van der Waals surface area (Å²) in [5, 5.41) is 7.90. The van der Waals surface area contributed by atoms with Gasteiger partial charge >= 0.3 is 0 Å². The Kier molecular flexibility index (Phi) is 6.79. The van der Waals surface area contributed by atoms with Crippen LogP contribution in [0.3, 0.4) is 0 Å². The topological polar surface area (TPSA) is 98.5 Å². The van der Waals surface area contributed by atoms with E-state index in [1.54, 1.807) is 7.11 Å². The number of nitrogens with two attached hydrogens (primary N) is 1. The van der Waals surface area contributed by atoms with Crippen LogP contribution in [-0.2, 0) is 14.8 Å². The van der Waals surface area contributed by atoms with Crippen molar-refractivity contribution in [2.45, 2.75) is 30.7 Å². The highest BCUT2D eigenvalue weighted by Crippen LogP contribution is 2.20. The Bertz CT molecular complexity index is 598. The van der Waals surface area contributed by atoms with Crippen LogP contribution in [-0.4, -0.2) is 34.1 Å². The molecule has 0 saturated carbocycles. The molecule has 0 aliphatic carbocycles. The van der Waals surface area contributed by atoms with E-state index >= 15 is 0 Å². The van der Waals surface area contributed by atoms with E-state index in [2.05, 4.69) is 21.2 Å². The van der Waals surface area contributed by atoms with E-state index in [1.807, 2.05) is 6.92 Å². The number of carbonyl (C=O) groups is 1. The van der Waals surface area contributed by atoms with Crippen molar-refractivity contribution >= 4 is 31.9 Å². The molecule has 1 rings (SSSR count). The van der Waals surface area contributed by atoms with Crippen LogP contribution < -0.4 is 10.5 Å². The Labute approximate surface area is 133 Å². The third-order valence-electron chi connectivity index (χ3n) is 2.85. The van der Waals surface area contributed by atoms with Crippen molar-refractivity contribution in [3.05, 3.63) is 28.2 Å². The lowest BCUT2D eigenvalue weighted by molar-refractivity contribution is 0.0890. The number of amides is 1. The number of primary sulfonamides is 1. The molecule has 0 heterocycles. The summed E-state index contributed by atoms with van der Waals surface area (Å²) in [6.45, 7) is 2.40. The van der Waals surface area contributed by atoms with Crippen LogP contribution in [0.5, 0.6) is 0 Å². The van der Waals surface area contributed by atoms with Crippen molar-refractivity contribution in [2.75, 3.05) is 13.7 Å². The van der Waals surface area contributed by atoms with E-state index in [0.29, 0.717) is 11.1 Å². The van der Waals surface area contributed by atoms with E-state index < -0.39 is 10.0 Å². The fraction of sp³-hybridized carbons (Fsp3) is 0.462. The Balaban J connectivity index is 3.01. The maximum absolute atomic E-state index is 12.3. The number of benzene rings is 1. The predicted molar refractivity (Wildman–Crippen MR) is 83.6 cm³/mol. The van der Waals surface area contributed by atoms with Gasteiger partial charge in [-0.15, -0.1) is 0 Å². The van der Waals surface area contributed by atoms with Gasteiger partial charge in [0.05, 0.1) is 23.1 Å². The molecule has 118 valence electrons. The Morgan fingerprint density at radius 2 is 2.14 bits per heavy atom. The van der Waals surface area contributed by atoms with Crippen molar-refractivity contribution in [3.63, 3.8) is 0 Å². The average Bonchev–Trinajstić information content (AvgIpc) is 2.38. The molecule has 0 saturated heterocycles. The summed E-state index contributed by atoms with van der Waals surface area (Å²) in [6, 6.07) is 3.96. The van der Waals surface area contributed by atoms with Gasteiger partial charge in [0.1, 0.15) is 0 Å². The normalized spacial score (nSPS) is 13.0. The van der Waals surface area contributed by atoms with Crippen LogP contribution >= 0.6 is 15.9 Å². The summed E-state index contributed by atoms with van der Waals surface area (Å²) >= 11 is 3.24. The smallest absolute Gasteiger partial charge is 0.252 e.